The predicted octanol–water partition coefficient (Wildman–Crippen LogP) is 6.52. The van der Waals surface area contributed by atoms with Crippen molar-refractivity contribution in [2.24, 2.45) is 18.4 Å². The average molecular weight is 1070 g/mol. The van der Waals surface area contributed by atoms with Gasteiger partial charge in [-0.25, -0.2) is 4.39 Å². The molecule has 3 aliphatic rings. The molecule has 20 heteroatoms. The van der Waals surface area contributed by atoms with E-state index < -0.39 is 41.2 Å². The molecule has 4 aromatic carbocycles. The van der Waals surface area contributed by atoms with E-state index in [-0.39, 0.29) is 84.4 Å². The maximum Gasteiger partial charge on any atom is 0.319 e. The second-order valence-corrected chi connectivity index (χ2v) is 22.0. The molecule has 5 heterocycles. The molecule has 6 aromatic rings. The zero-order chi connectivity index (χ0) is 54.5. The topological polar surface area (TPSA) is 223 Å². The van der Waals surface area contributed by atoms with Crippen LogP contribution in [0.4, 0.5) is 10.2 Å². The normalized spacial score (nSPS) is 19.3. The van der Waals surface area contributed by atoms with Crippen LogP contribution in [-0.4, -0.2) is 147 Å². The van der Waals surface area contributed by atoms with E-state index in [1.807, 2.05) is 94.2 Å². The number of aliphatic hydroxyl groups excluding tert-OH is 1. The first-order valence-corrected chi connectivity index (χ1v) is 26.7. The van der Waals surface area contributed by atoms with Crippen LogP contribution in [0.2, 0.25) is 5.02 Å². The van der Waals surface area contributed by atoms with Gasteiger partial charge in [0.05, 0.1) is 42.0 Å². The lowest BCUT2D eigenvalue weighted by molar-refractivity contribution is -0.144. The van der Waals surface area contributed by atoms with Gasteiger partial charge in [-0.05, 0) is 95.9 Å². The number of carbonyl (C=O) groups is 3. The van der Waals surface area contributed by atoms with Gasteiger partial charge in [0.2, 0.25) is 17.7 Å². The summed E-state index contributed by atoms with van der Waals surface area (Å²) in [5.74, 6) is -1.36. The number of hydrogen-bond donors (Lipinski definition) is 5. The molecular weight excluding hydrogens is 1010 g/mol. The number of carbonyl (C=O) groups excluding carboxylic acids is 3. The molecule has 77 heavy (non-hydrogen) atoms. The lowest BCUT2D eigenvalue weighted by atomic mass is 9.85. The van der Waals surface area contributed by atoms with Crippen molar-refractivity contribution in [2.75, 3.05) is 70.5 Å². The fourth-order valence-corrected chi connectivity index (χ4v) is 11.0. The summed E-state index contributed by atoms with van der Waals surface area (Å²) in [4.78, 5) is 56.5. The highest BCUT2D eigenvalue weighted by Gasteiger charge is 2.45. The second kappa shape index (κ2) is 23.7. The molecule has 0 spiro atoms. The minimum absolute atomic E-state index is 0.00108. The summed E-state index contributed by atoms with van der Waals surface area (Å²) in [6.07, 6.45) is 2.81. The van der Waals surface area contributed by atoms with Gasteiger partial charge in [0.15, 0.2) is 5.82 Å². The summed E-state index contributed by atoms with van der Waals surface area (Å²) in [5, 5.41) is 46.3. The number of halogens is 2. The predicted molar refractivity (Wildman–Crippen MR) is 292 cm³/mol. The Morgan fingerprint density at radius 3 is 2.49 bits per heavy atom. The molecule has 0 unspecified atom stereocenters. The van der Waals surface area contributed by atoms with Crippen LogP contribution >= 0.6 is 11.6 Å². The van der Waals surface area contributed by atoms with Gasteiger partial charge in [0.25, 0.3) is 0 Å². The number of hydrogen-bond acceptors (Lipinski definition) is 14. The number of aryl methyl sites for hydroxylation is 1. The third kappa shape index (κ3) is 12.6. The Hall–Kier alpha value is -6.95. The van der Waals surface area contributed by atoms with Gasteiger partial charge in [-0.2, -0.15) is 20.3 Å². The van der Waals surface area contributed by atoms with Gasteiger partial charge < -0.3 is 45.4 Å². The molecule has 0 aliphatic carbocycles. The van der Waals surface area contributed by atoms with E-state index in [1.54, 1.807) is 23.0 Å². The van der Waals surface area contributed by atoms with Crippen molar-refractivity contribution in [3.63, 3.8) is 0 Å². The molecule has 5 N–H and O–H groups in total. The first-order valence-electron chi connectivity index (χ1n) is 26.3. The van der Waals surface area contributed by atoms with E-state index in [1.165, 1.54) is 11.0 Å². The molecule has 0 radical (unpaired) electrons. The van der Waals surface area contributed by atoms with Crippen LogP contribution in [0.1, 0.15) is 65.0 Å². The maximum absolute atomic E-state index is 17.1. The molecule has 5 atom stereocenters. The van der Waals surface area contributed by atoms with Crippen molar-refractivity contribution in [2.45, 2.75) is 83.6 Å². The molecule has 3 amide bonds. The van der Waals surface area contributed by atoms with E-state index in [0.29, 0.717) is 54.9 Å². The number of benzene rings is 4. The van der Waals surface area contributed by atoms with Crippen molar-refractivity contribution in [3.05, 3.63) is 95.4 Å². The van der Waals surface area contributed by atoms with Crippen molar-refractivity contribution in [3.8, 4) is 40.2 Å². The summed E-state index contributed by atoms with van der Waals surface area (Å²) in [6.45, 7) is 11.3. The number of phenolic OH excluding ortho intramolecular Hbond substituents is 1. The number of aromatic hydroxyl groups is 1. The quantitative estimate of drug-likeness (QED) is 0.0657. The highest BCUT2D eigenvalue weighted by atomic mass is 35.5. The van der Waals surface area contributed by atoms with E-state index >= 15 is 4.39 Å². The molecule has 2 aromatic heterocycles. The fraction of sp³-hybridized carbons (Fsp3) is 0.456. The van der Waals surface area contributed by atoms with Crippen LogP contribution in [0.25, 0.3) is 44.1 Å². The SMILES string of the molecule is C[C@H](NC(=O)[C@@H]1C[C@@H](O)CN1C(=O)[C@@H](NC(=O)COCC1CCN(CCOc2nc(N3CCN[C@@H](CC#N)C3)c3cc(Cl)c(-c4cc(O)cc5ccccc45)c(F)c3n2)CC1)C(C)(C)C)c1ccc(-c2ccnn2C)cc1. The Balaban J connectivity index is 0.777. The number of nitriles is 1. The summed E-state index contributed by atoms with van der Waals surface area (Å²) in [7, 11) is 1.87. The molecule has 3 fully saturated rings. The van der Waals surface area contributed by atoms with Gasteiger partial charge in [-0.1, -0.05) is 80.9 Å². The molecule has 0 saturated carbocycles. The molecule has 406 valence electrons. The Morgan fingerprint density at radius 2 is 1.77 bits per heavy atom. The lowest BCUT2D eigenvalue weighted by Gasteiger charge is -2.35. The average Bonchev–Trinajstić information content (AvgIpc) is 4.07. The van der Waals surface area contributed by atoms with E-state index in [2.05, 4.69) is 37.0 Å². The number of aromatic nitrogens is 4. The number of piperazine rings is 1. The first-order chi connectivity index (χ1) is 36.9. The van der Waals surface area contributed by atoms with Gasteiger partial charge in [0, 0.05) is 69.4 Å². The smallest absolute Gasteiger partial charge is 0.319 e. The van der Waals surface area contributed by atoms with Gasteiger partial charge in [-0.3, -0.25) is 24.0 Å². The number of fused-ring (bicyclic) bond motifs is 2. The molecule has 3 saturated heterocycles. The molecule has 0 bridgehead atoms. The van der Waals surface area contributed by atoms with Crippen LogP contribution in [0, 0.1) is 28.5 Å². The van der Waals surface area contributed by atoms with E-state index in [9.17, 15) is 29.9 Å². The Morgan fingerprint density at radius 1 is 1.00 bits per heavy atom. The zero-order valence-corrected chi connectivity index (χ0v) is 44.9. The number of nitrogens with one attached hydrogen (secondary N) is 3. The number of ether oxygens (including phenoxy) is 2. The molecule has 9 rings (SSSR count). The minimum atomic E-state index is -0.988. The van der Waals surface area contributed by atoms with Crippen LogP contribution < -0.4 is 25.6 Å². The number of likely N-dealkylation sites (tertiary alicyclic amines) is 2. The number of β-amino-alcohol motifs (C(OH)–C–C–N with tert-alkyl or cyclic N) is 1. The van der Waals surface area contributed by atoms with E-state index in [0.717, 1.165) is 48.1 Å². The first kappa shape index (κ1) is 54.8. The minimum Gasteiger partial charge on any atom is -0.508 e. The van der Waals surface area contributed by atoms with Crippen molar-refractivity contribution in [1.29, 1.82) is 5.26 Å². The Kier molecular flexibility index (Phi) is 16.9. The zero-order valence-electron chi connectivity index (χ0n) is 44.1. The monoisotopic (exact) mass is 1070 g/mol. The molecule has 18 nitrogen and oxygen atoms in total. The maximum atomic E-state index is 17.1. The number of piperidine rings is 1. The van der Waals surface area contributed by atoms with Crippen LogP contribution in [0.5, 0.6) is 11.8 Å². The second-order valence-electron chi connectivity index (χ2n) is 21.6. The highest BCUT2D eigenvalue weighted by molar-refractivity contribution is 6.35. The standard InChI is InChI=1S/C57H67ClFN11O7/c1-34(36-10-12-37(13-11-36)46-15-19-62-67(46)5)63-54(74)47-28-41(72)31-70(47)55(75)52(57(2,3)4)64-48(73)33-76-32-35-16-21-68(22-17-35)24-25-77-56-65-51-44(53(66-56)69-23-20-61-39(30-69)14-18-60)29-45(58)49(50(51)59)43-27-40(71)26-38-8-6-7-9-42(38)43/h6-13,15,19,26-27,29,34-35,39,41,47,52,61,71-72H,14,16-17,20-25,28,30-33H2,1-5H3,(H,63,74)(H,64,73)/t34-,39-,41+,47-,52+/m0/s1. The number of amides is 3. The largest absolute Gasteiger partial charge is 0.508 e. The van der Waals surface area contributed by atoms with Gasteiger partial charge in [0.1, 0.15) is 42.4 Å². The van der Waals surface area contributed by atoms with Gasteiger partial charge in [-0.15, -0.1) is 0 Å². The Bertz CT molecular complexity index is 3160. The number of phenols is 1. The summed E-state index contributed by atoms with van der Waals surface area (Å²) >= 11 is 6.92. The third-order valence-corrected chi connectivity index (χ3v) is 15.3. The van der Waals surface area contributed by atoms with Crippen molar-refractivity contribution >= 4 is 56.8 Å². The number of rotatable bonds is 17. The third-order valence-electron chi connectivity index (χ3n) is 15.0. The van der Waals surface area contributed by atoms with Crippen LogP contribution in [-0.2, 0) is 26.2 Å². The van der Waals surface area contributed by atoms with Crippen LogP contribution in [0.3, 0.4) is 0 Å². The lowest BCUT2D eigenvalue weighted by Crippen LogP contribution is -2.58. The number of nitrogens with zero attached hydrogens (tertiary/aromatic N) is 8. The number of aliphatic hydroxyl groups is 1. The fourth-order valence-electron chi connectivity index (χ4n) is 10.8. The van der Waals surface area contributed by atoms with Crippen molar-refractivity contribution < 1.29 is 38.5 Å². The highest BCUT2D eigenvalue weighted by Crippen LogP contribution is 2.43. The van der Waals surface area contributed by atoms with E-state index in [4.69, 9.17) is 26.1 Å². The number of anilines is 1. The van der Waals surface area contributed by atoms with Crippen LogP contribution in [0.15, 0.2) is 79.0 Å². The summed E-state index contributed by atoms with van der Waals surface area (Å²) in [5.41, 5.74) is 2.64. The summed E-state index contributed by atoms with van der Waals surface area (Å²) < 4.78 is 31.0. The molecule has 3 aliphatic heterocycles. The molecular formula is C57H67ClFN11O7. The van der Waals surface area contributed by atoms with Crippen molar-refractivity contribution in [1.82, 2.24) is 45.5 Å². The van der Waals surface area contributed by atoms with Gasteiger partial charge >= 0.3 is 6.01 Å². The Labute approximate surface area is 452 Å². The summed E-state index contributed by atoms with van der Waals surface area (Å²) in [6, 6.07) is 21.7.